The van der Waals surface area contributed by atoms with E-state index in [4.69, 9.17) is 13.9 Å². The van der Waals surface area contributed by atoms with Crippen molar-refractivity contribution < 1.29 is 23.5 Å². The van der Waals surface area contributed by atoms with E-state index in [0.29, 0.717) is 27.8 Å². The molecule has 1 N–H and O–H groups in total. The Morgan fingerprint density at radius 3 is 2.93 bits per heavy atom. The number of thiophene rings is 1. The summed E-state index contributed by atoms with van der Waals surface area (Å²) in [6, 6.07) is 7.15. The third-order valence-corrected chi connectivity index (χ3v) is 6.34. The van der Waals surface area contributed by atoms with Crippen LogP contribution in [0.15, 0.2) is 28.7 Å². The topological polar surface area (TPSA) is 77.8 Å². The monoisotopic (exact) mass is 413 g/mol. The molecule has 1 unspecified atom stereocenters. The number of hydrogen-bond donors (Lipinski definition) is 1. The molecule has 2 aromatic heterocycles. The maximum Gasteiger partial charge on any atom is 0.341 e. The molecule has 0 spiro atoms. The second kappa shape index (κ2) is 7.91. The van der Waals surface area contributed by atoms with Crippen LogP contribution in [-0.4, -0.2) is 25.6 Å². The first-order valence-corrected chi connectivity index (χ1v) is 10.5. The van der Waals surface area contributed by atoms with E-state index in [2.05, 4.69) is 12.2 Å². The molecule has 1 atom stereocenters. The van der Waals surface area contributed by atoms with Crippen molar-refractivity contribution in [2.24, 2.45) is 5.92 Å². The van der Waals surface area contributed by atoms with Crippen molar-refractivity contribution in [2.75, 3.05) is 19.0 Å². The molecule has 1 amide bonds. The van der Waals surface area contributed by atoms with Crippen molar-refractivity contribution in [3.8, 4) is 5.75 Å². The van der Waals surface area contributed by atoms with Gasteiger partial charge in [-0.15, -0.1) is 11.3 Å². The van der Waals surface area contributed by atoms with Crippen LogP contribution in [0.5, 0.6) is 5.75 Å². The standard InChI is InChI=1S/C22H23NO5S/c1-4-27-22(25)18-14-9-8-12(2)10-17(14)29-21(18)23-20(24)16-11-13-6-5-7-15(26-3)19(13)28-16/h5-7,11-12H,4,8-10H2,1-3H3,(H,23,24). The minimum atomic E-state index is -0.402. The molecule has 2 heterocycles. The van der Waals surface area contributed by atoms with Crippen LogP contribution < -0.4 is 10.1 Å². The lowest BCUT2D eigenvalue weighted by atomic mass is 9.88. The molecule has 0 radical (unpaired) electrons. The van der Waals surface area contributed by atoms with Crippen LogP contribution in [0.4, 0.5) is 5.00 Å². The minimum absolute atomic E-state index is 0.166. The lowest BCUT2D eigenvalue weighted by Gasteiger charge is -2.18. The van der Waals surface area contributed by atoms with Crippen LogP contribution in [0.3, 0.4) is 0 Å². The number of nitrogens with one attached hydrogen (secondary N) is 1. The van der Waals surface area contributed by atoms with E-state index in [9.17, 15) is 9.59 Å². The molecule has 152 valence electrons. The van der Waals surface area contributed by atoms with Crippen LogP contribution in [0, 0.1) is 5.92 Å². The summed E-state index contributed by atoms with van der Waals surface area (Å²) in [7, 11) is 1.56. The number of esters is 1. The third kappa shape index (κ3) is 3.62. The summed E-state index contributed by atoms with van der Waals surface area (Å²) < 4.78 is 16.3. The van der Waals surface area contributed by atoms with Crippen molar-refractivity contribution in [3.05, 3.63) is 46.0 Å². The fourth-order valence-corrected chi connectivity index (χ4v) is 5.13. The number of anilines is 1. The van der Waals surface area contributed by atoms with Gasteiger partial charge in [-0.25, -0.2) is 4.79 Å². The Morgan fingerprint density at radius 2 is 2.17 bits per heavy atom. The molecule has 7 heteroatoms. The van der Waals surface area contributed by atoms with Crippen LogP contribution in [0.1, 0.15) is 51.6 Å². The van der Waals surface area contributed by atoms with Gasteiger partial charge in [0.15, 0.2) is 17.1 Å². The van der Waals surface area contributed by atoms with Crippen molar-refractivity contribution in [1.29, 1.82) is 0 Å². The summed E-state index contributed by atoms with van der Waals surface area (Å²) in [5.41, 5.74) is 2.01. The quantitative estimate of drug-likeness (QED) is 0.592. The number of furan rings is 1. The van der Waals surface area contributed by atoms with Crippen LogP contribution in [-0.2, 0) is 17.6 Å². The van der Waals surface area contributed by atoms with E-state index in [0.717, 1.165) is 35.1 Å². The van der Waals surface area contributed by atoms with E-state index in [1.807, 2.05) is 12.1 Å². The van der Waals surface area contributed by atoms with Crippen LogP contribution in [0.2, 0.25) is 0 Å². The normalized spacial score (nSPS) is 15.8. The van der Waals surface area contributed by atoms with Crippen molar-refractivity contribution in [1.82, 2.24) is 0 Å². The highest BCUT2D eigenvalue weighted by Gasteiger charge is 2.29. The maximum absolute atomic E-state index is 12.9. The number of carbonyl (C=O) groups is 2. The lowest BCUT2D eigenvalue weighted by molar-refractivity contribution is 0.0526. The number of carbonyl (C=O) groups excluding carboxylic acids is 2. The highest BCUT2D eigenvalue weighted by molar-refractivity contribution is 7.17. The number of amides is 1. The molecular formula is C22H23NO5S. The lowest BCUT2D eigenvalue weighted by Crippen LogP contribution is -2.16. The summed E-state index contributed by atoms with van der Waals surface area (Å²) in [4.78, 5) is 26.7. The maximum atomic E-state index is 12.9. The molecule has 1 aliphatic rings. The van der Waals surface area contributed by atoms with Crippen molar-refractivity contribution in [3.63, 3.8) is 0 Å². The van der Waals surface area contributed by atoms with E-state index in [1.54, 1.807) is 26.2 Å². The predicted octanol–water partition coefficient (Wildman–Crippen LogP) is 5.06. The molecule has 6 nitrogen and oxygen atoms in total. The van der Waals surface area contributed by atoms with Gasteiger partial charge in [-0.2, -0.15) is 0 Å². The SMILES string of the molecule is CCOC(=O)c1c(NC(=O)c2cc3cccc(OC)c3o2)sc2c1CCC(C)C2. The summed E-state index contributed by atoms with van der Waals surface area (Å²) in [6.07, 6.45) is 2.75. The number of rotatable bonds is 5. The highest BCUT2D eigenvalue weighted by atomic mass is 32.1. The molecule has 29 heavy (non-hydrogen) atoms. The average Bonchev–Trinajstić information content (AvgIpc) is 3.28. The first kappa shape index (κ1) is 19.5. The molecule has 4 rings (SSSR count). The molecular weight excluding hydrogens is 390 g/mol. The first-order chi connectivity index (χ1) is 14.0. The zero-order valence-corrected chi connectivity index (χ0v) is 17.5. The Labute approximate surface area is 172 Å². The van der Waals surface area contributed by atoms with Crippen molar-refractivity contribution in [2.45, 2.75) is 33.1 Å². The number of benzene rings is 1. The smallest absolute Gasteiger partial charge is 0.341 e. The van der Waals surface area contributed by atoms with Gasteiger partial charge in [-0.3, -0.25) is 4.79 Å². The molecule has 0 aliphatic heterocycles. The summed E-state index contributed by atoms with van der Waals surface area (Å²) >= 11 is 1.46. The molecule has 0 bridgehead atoms. The fourth-order valence-electron chi connectivity index (χ4n) is 3.73. The molecule has 0 saturated carbocycles. The summed E-state index contributed by atoms with van der Waals surface area (Å²) in [5, 5.41) is 4.19. The zero-order chi connectivity index (χ0) is 20.5. The molecule has 3 aromatic rings. The van der Waals surface area contributed by atoms with Gasteiger partial charge in [0.05, 0.1) is 19.3 Å². The number of fused-ring (bicyclic) bond motifs is 2. The minimum Gasteiger partial charge on any atom is -0.493 e. The van der Waals surface area contributed by atoms with Gasteiger partial charge in [0, 0.05) is 10.3 Å². The largest absolute Gasteiger partial charge is 0.493 e. The Morgan fingerprint density at radius 1 is 1.34 bits per heavy atom. The van der Waals surface area contributed by atoms with Gasteiger partial charge in [0.1, 0.15) is 5.00 Å². The predicted molar refractivity (Wildman–Crippen MR) is 112 cm³/mol. The highest BCUT2D eigenvalue weighted by Crippen LogP contribution is 2.40. The second-order valence-electron chi connectivity index (χ2n) is 7.22. The number of hydrogen-bond acceptors (Lipinski definition) is 6. The van der Waals surface area contributed by atoms with Crippen LogP contribution in [0.25, 0.3) is 11.0 Å². The Balaban J connectivity index is 1.68. The average molecular weight is 413 g/mol. The van der Waals surface area contributed by atoms with E-state index >= 15 is 0 Å². The van der Waals surface area contributed by atoms with E-state index in [-0.39, 0.29) is 18.3 Å². The fraction of sp³-hybridized carbons (Fsp3) is 0.364. The van der Waals surface area contributed by atoms with E-state index < -0.39 is 5.91 Å². The Bertz CT molecular complexity index is 1080. The molecule has 0 fully saturated rings. The Kier molecular flexibility index (Phi) is 5.32. The van der Waals surface area contributed by atoms with Crippen LogP contribution >= 0.6 is 11.3 Å². The van der Waals surface area contributed by atoms with Gasteiger partial charge in [-0.1, -0.05) is 19.1 Å². The van der Waals surface area contributed by atoms with Gasteiger partial charge in [0.25, 0.3) is 5.91 Å². The first-order valence-electron chi connectivity index (χ1n) is 9.71. The molecule has 1 aromatic carbocycles. The van der Waals surface area contributed by atoms with Gasteiger partial charge < -0.3 is 19.2 Å². The number of para-hydroxylation sites is 1. The third-order valence-electron chi connectivity index (χ3n) is 5.17. The molecule has 0 saturated heterocycles. The van der Waals surface area contributed by atoms with Gasteiger partial charge in [-0.05, 0) is 49.8 Å². The number of ether oxygens (including phenoxy) is 2. The number of methoxy groups -OCH3 is 1. The zero-order valence-electron chi connectivity index (χ0n) is 16.7. The van der Waals surface area contributed by atoms with Gasteiger partial charge in [0.2, 0.25) is 0 Å². The summed E-state index contributed by atoms with van der Waals surface area (Å²) in [6.45, 7) is 4.27. The van der Waals surface area contributed by atoms with Crippen molar-refractivity contribution >= 4 is 39.2 Å². The van der Waals surface area contributed by atoms with E-state index in [1.165, 1.54) is 11.3 Å². The summed E-state index contributed by atoms with van der Waals surface area (Å²) in [5.74, 6) is 0.498. The van der Waals surface area contributed by atoms with Gasteiger partial charge >= 0.3 is 5.97 Å². The molecule has 1 aliphatic carbocycles. The Hall–Kier alpha value is -2.80. The second-order valence-corrected chi connectivity index (χ2v) is 8.32.